The van der Waals surface area contributed by atoms with Gasteiger partial charge in [-0.1, -0.05) is 146 Å². The monoisotopic (exact) mass is 551 g/mol. The average molecular weight is 552 g/mol. The van der Waals surface area contributed by atoms with Gasteiger partial charge in [-0.2, -0.15) is 0 Å². The first-order chi connectivity index (χ1) is 21.2. The molecule has 6 aromatic carbocycles. The lowest BCUT2D eigenvalue weighted by molar-refractivity contribution is 0.616. The van der Waals surface area contributed by atoms with E-state index < -0.39 is 0 Å². The molecular formula is C40H29N3. The highest BCUT2D eigenvalue weighted by Gasteiger charge is 2.27. The SMILES string of the molecule is CC1C(c2ccc3c4ccccc4c4ccccc4c3c2)=CC=CC1c1nc(-c2ccccc2)nc(-c2ccccc2)n1. The average Bonchev–Trinajstić information content (AvgIpc) is 3.09. The Bertz CT molecular complexity index is 2100. The van der Waals surface area contributed by atoms with Crippen molar-refractivity contribution in [2.45, 2.75) is 12.8 Å². The van der Waals surface area contributed by atoms with Gasteiger partial charge in [0.05, 0.1) is 0 Å². The van der Waals surface area contributed by atoms with E-state index in [0.717, 1.165) is 17.0 Å². The first kappa shape index (κ1) is 25.3. The Hall–Kier alpha value is -5.41. The van der Waals surface area contributed by atoms with Crippen molar-refractivity contribution in [3.05, 3.63) is 157 Å². The molecule has 1 aliphatic carbocycles. The molecule has 8 rings (SSSR count). The molecule has 3 nitrogen and oxygen atoms in total. The first-order valence-electron chi connectivity index (χ1n) is 14.8. The lowest BCUT2D eigenvalue weighted by Crippen LogP contribution is -2.16. The van der Waals surface area contributed by atoms with Crippen LogP contribution in [0.1, 0.15) is 24.2 Å². The largest absolute Gasteiger partial charge is 0.212 e. The molecule has 0 saturated carbocycles. The summed E-state index contributed by atoms with van der Waals surface area (Å²) in [5.41, 5.74) is 4.49. The summed E-state index contributed by atoms with van der Waals surface area (Å²) in [6.45, 7) is 2.29. The van der Waals surface area contributed by atoms with Crippen LogP contribution in [0.3, 0.4) is 0 Å². The van der Waals surface area contributed by atoms with Gasteiger partial charge in [0, 0.05) is 17.0 Å². The quantitative estimate of drug-likeness (QED) is 0.204. The van der Waals surface area contributed by atoms with Crippen LogP contribution in [0.15, 0.2) is 146 Å². The van der Waals surface area contributed by atoms with Gasteiger partial charge >= 0.3 is 0 Å². The maximum Gasteiger partial charge on any atom is 0.163 e. The van der Waals surface area contributed by atoms with Gasteiger partial charge in [0.2, 0.25) is 0 Å². The summed E-state index contributed by atoms with van der Waals surface area (Å²) in [7, 11) is 0. The van der Waals surface area contributed by atoms with Gasteiger partial charge in [-0.15, -0.1) is 0 Å². The minimum atomic E-state index is 0.0111. The third kappa shape index (κ3) is 4.41. The number of hydrogen-bond acceptors (Lipinski definition) is 3. The third-order valence-electron chi connectivity index (χ3n) is 8.72. The summed E-state index contributed by atoms with van der Waals surface area (Å²) in [5, 5.41) is 7.73. The maximum absolute atomic E-state index is 5.06. The summed E-state index contributed by atoms with van der Waals surface area (Å²) >= 11 is 0. The van der Waals surface area contributed by atoms with Crippen molar-refractivity contribution in [3.8, 4) is 22.8 Å². The molecule has 1 aliphatic rings. The van der Waals surface area contributed by atoms with Crippen LogP contribution in [0, 0.1) is 5.92 Å². The molecule has 0 fully saturated rings. The minimum Gasteiger partial charge on any atom is -0.212 e. The summed E-state index contributed by atoms with van der Waals surface area (Å²) < 4.78 is 0. The summed E-state index contributed by atoms with van der Waals surface area (Å²) in [4.78, 5) is 15.0. The highest BCUT2D eigenvalue weighted by atomic mass is 15.0. The summed E-state index contributed by atoms with van der Waals surface area (Å²) in [6.07, 6.45) is 6.65. The van der Waals surface area contributed by atoms with Crippen LogP contribution in [0.25, 0.3) is 60.7 Å². The Kier molecular flexibility index (Phi) is 6.15. The first-order valence-corrected chi connectivity index (χ1v) is 14.8. The Balaban J connectivity index is 1.24. The zero-order valence-corrected chi connectivity index (χ0v) is 23.9. The van der Waals surface area contributed by atoms with Gasteiger partial charge in [0.25, 0.3) is 0 Å². The topological polar surface area (TPSA) is 38.7 Å². The number of rotatable bonds is 4. The zero-order valence-electron chi connectivity index (χ0n) is 23.9. The van der Waals surface area contributed by atoms with Gasteiger partial charge in [-0.05, 0) is 55.4 Å². The van der Waals surface area contributed by atoms with Crippen LogP contribution in [-0.2, 0) is 0 Å². The second kappa shape index (κ2) is 10.5. The lowest BCUT2D eigenvalue weighted by Gasteiger charge is -2.26. The predicted molar refractivity (Wildman–Crippen MR) is 179 cm³/mol. The normalized spacial score (nSPS) is 16.5. The number of benzene rings is 6. The van der Waals surface area contributed by atoms with E-state index in [0.29, 0.717) is 11.6 Å². The van der Waals surface area contributed by atoms with Crippen LogP contribution in [0.4, 0.5) is 0 Å². The number of fused-ring (bicyclic) bond motifs is 6. The maximum atomic E-state index is 5.06. The van der Waals surface area contributed by atoms with Crippen LogP contribution in [-0.4, -0.2) is 15.0 Å². The smallest absolute Gasteiger partial charge is 0.163 e. The minimum absolute atomic E-state index is 0.0111. The van der Waals surface area contributed by atoms with Crippen molar-refractivity contribution in [2.24, 2.45) is 5.92 Å². The molecule has 0 amide bonds. The van der Waals surface area contributed by atoms with Crippen molar-refractivity contribution in [1.29, 1.82) is 0 Å². The second-order valence-corrected chi connectivity index (χ2v) is 11.2. The highest BCUT2D eigenvalue weighted by Crippen LogP contribution is 2.41. The van der Waals surface area contributed by atoms with E-state index in [9.17, 15) is 0 Å². The standard InChI is InChI=1S/C40H29N3/c1-26-30(29-23-24-36-34-19-9-8-17-32(34)33-18-10-11-20-35(33)37(36)25-29)21-12-22-31(26)40-42-38(27-13-4-2-5-14-27)41-39(43-40)28-15-6-3-7-16-28/h2-26,31H,1H3. The Morgan fingerprint density at radius 3 is 1.51 bits per heavy atom. The van der Waals surface area contributed by atoms with Gasteiger partial charge in [0.15, 0.2) is 11.6 Å². The van der Waals surface area contributed by atoms with E-state index in [2.05, 4.69) is 116 Å². The van der Waals surface area contributed by atoms with Crippen LogP contribution < -0.4 is 0 Å². The molecule has 3 heteroatoms. The van der Waals surface area contributed by atoms with Crippen LogP contribution in [0.2, 0.25) is 0 Å². The van der Waals surface area contributed by atoms with Crippen molar-refractivity contribution in [2.75, 3.05) is 0 Å². The van der Waals surface area contributed by atoms with E-state index in [1.54, 1.807) is 0 Å². The van der Waals surface area contributed by atoms with Crippen LogP contribution in [0.5, 0.6) is 0 Å². The molecule has 2 unspecified atom stereocenters. The molecule has 0 bridgehead atoms. The lowest BCUT2D eigenvalue weighted by atomic mass is 9.79. The molecule has 0 radical (unpaired) electrons. The molecule has 0 aliphatic heterocycles. The molecule has 43 heavy (non-hydrogen) atoms. The van der Waals surface area contributed by atoms with Crippen molar-refractivity contribution < 1.29 is 0 Å². The van der Waals surface area contributed by atoms with E-state index >= 15 is 0 Å². The summed E-state index contributed by atoms with van der Waals surface area (Å²) in [6, 6.07) is 44.8. The van der Waals surface area contributed by atoms with E-state index in [-0.39, 0.29) is 11.8 Å². The molecule has 0 N–H and O–H groups in total. The fourth-order valence-electron chi connectivity index (χ4n) is 6.52. The Morgan fingerprint density at radius 2 is 0.953 bits per heavy atom. The second-order valence-electron chi connectivity index (χ2n) is 11.2. The fourth-order valence-corrected chi connectivity index (χ4v) is 6.52. The van der Waals surface area contributed by atoms with Gasteiger partial charge in [-0.25, -0.2) is 15.0 Å². The zero-order chi connectivity index (χ0) is 28.8. The van der Waals surface area contributed by atoms with Crippen molar-refractivity contribution >= 4 is 37.9 Å². The summed E-state index contributed by atoms with van der Waals surface area (Å²) in [5.74, 6) is 2.37. The number of hydrogen-bond donors (Lipinski definition) is 0. The van der Waals surface area contributed by atoms with Gasteiger partial charge in [0.1, 0.15) is 5.82 Å². The third-order valence-corrected chi connectivity index (χ3v) is 8.72. The molecular weight excluding hydrogens is 522 g/mol. The van der Waals surface area contributed by atoms with Gasteiger partial charge < -0.3 is 0 Å². The van der Waals surface area contributed by atoms with Crippen molar-refractivity contribution in [1.82, 2.24) is 15.0 Å². The van der Waals surface area contributed by atoms with E-state index in [1.807, 2.05) is 36.4 Å². The molecule has 2 atom stereocenters. The Labute approximate surface area is 250 Å². The van der Waals surface area contributed by atoms with Gasteiger partial charge in [-0.3, -0.25) is 0 Å². The predicted octanol–water partition coefficient (Wildman–Crippen LogP) is 10.0. The number of aromatic nitrogens is 3. The van der Waals surface area contributed by atoms with Crippen molar-refractivity contribution in [3.63, 3.8) is 0 Å². The highest BCUT2D eigenvalue weighted by molar-refractivity contribution is 6.25. The molecule has 0 spiro atoms. The van der Waals surface area contributed by atoms with E-state index in [4.69, 9.17) is 15.0 Å². The van der Waals surface area contributed by atoms with E-state index in [1.165, 1.54) is 43.5 Å². The molecule has 0 saturated heterocycles. The number of allylic oxidation sites excluding steroid dienone is 4. The fraction of sp³-hybridized carbons (Fsp3) is 0.0750. The Morgan fingerprint density at radius 1 is 0.465 bits per heavy atom. The molecule has 1 aromatic heterocycles. The molecule has 204 valence electrons. The van der Waals surface area contributed by atoms with Crippen LogP contribution >= 0.6 is 0 Å². The molecule has 1 heterocycles. The molecule has 7 aromatic rings. The number of nitrogens with zero attached hydrogens (tertiary/aromatic N) is 3.